The van der Waals surface area contributed by atoms with Crippen molar-refractivity contribution in [3.05, 3.63) is 29.8 Å². The Bertz CT molecular complexity index is 862. The lowest BCUT2D eigenvalue weighted by Crippen LogP contribution is -2.56. The maximum Gasteiger partial charge on any atom is 0.306 e. The van der Waals surface area contributed by atoms with E-state index in [1.165, 1.54) is 6.42 Å². The molecule has 4 atom stereocenters. The van der Waals surface area contributed by atoms with E-state index in [0.29, 0.717) is 43.2 Å². The fourth-order valence-electron chi connectivity index (χ4n) is 6.94. The van der Waals surface area contributed by atoms with Gasteiger partial charge in [0.05, 0.1) is 12.0 Å². The zero-order valence-electron chi connectivity index (χ0n) is 17.3. The Kier molecular flexibility index (Phi) is 4.73. The van der Waals surface area contributed by atoms with E-state index in [2.05, 4.69) is 0 Å². The maximum atomic E-state index is 12.5. The van der Waals surface area contributed by atoms with Crippen LogP contribution < -0.4 is 4.90 Å². The first-order valence-electron chi connectivity index (χ1n) is 11.1. The van der Waals surface area contributed by atoms with Gasteiger partial charge < -0.3 is 14.7 Å². The van der Waals surface area contributed by atoms with E-state index < -0.39 is 5.60 Å². The van der Waals surface area contributed by atoms with Crippen molar-refractivity contribution in [2.45, 2.75) is 63.4 Å². The standard InChI is InChI=1S/C24H29NO5/c26-20(18-3-5-19(6-4-18)25-7-1-2-21(25)27)14-30-22(28)13-23-9-16-8-17(10-23)12-24(29,11-16)15-23/h3-6,16-17,29H,1-2,7-15H2/t16-,17+,23?,24?. The zero-order chi connectivity index (χ0) is 20.9. The van der Waals surface area contributed by atoms with E-state index in [1.807, 2.05) is 0 Å². The number of hydrogen-bond donors (Lipinski definition) is 1. The van der Waals surface area contributed by atoms with Gasteiger partial charge >= 0.3 is 5.97 Å². The van der Waals surface area contributed by atoms with Crippen LogP contribution in [0.15, 0.2) is 24.3 Å². The second kappa shape index (κ2) is 7.19. The molecule has 1 N–H and O–H groups in total. The van der Waals surface area contributed by atoms with Gasteiger partial charge in [-0.05, 0) is 86.5 Å². The fourth-order valence-corrected chi connectivity index (χ4v) is 6.94. The highest BCUT2D eigenvalue weighted by atomic mass is 16.5. The molecule has 1 aliphatic heterocycles. The molecule has 1 saturated heterocycles. The minimum absolute atomic E-state index is 0.109. The molecule has 4 aliphatic carbocycles. The summed E-state index contributed by atoms with van der Waals surface area (Å²) in [5, 5.41) is 10.8. The van der Waals surface area contributed by atoms with Gasteiger partial charge in [0.2, 0.25) is 5.91 Å². The Morgan fingerprint density at radius 1 is 1.10 bits per heavy atom. The summed E-state index contributed by atoms with van der Waals surface area (Å²) >= 11 is 0. The summed E-state index contributed by atoms with van der Waals surface area (Å²) in [4.78, 5) is 38.6. The summed E-state index contributed by atoms with van der Waals surface area (Å²) in [5.41, 5.74) is 0.523. The lowest BCUT2D eigenvalue weighted by Gasteiger charge is -2.60. The number of ketones is 1. The lowest BCUT2D eigenvalue weighted by molar-refractivity contribution is -0.176. The summed E-state index contributed by atoms with van der Waals surface area (Å²) in [6, 6.07) is 6.92. The molecule has 2 unspecified atom stereocenters. The van der Waals surface area contributed by atoms with Crippen LogP contribution in [0.25, 0.3) is 0 Å². The van der Waals surface area contributed by atoms with Crippen LogP contribution in [0.2, 0.25) is 0 Å². The molecule has 30 heavy (non-hydrogen) atoms. The molecule has 6 nitrogen and oxygen atoms in total. The number of anilines is 1. The Morgan fingerprint density at radius 2 is 1.80 bits per heavy atom. The van der Waals surface area contributed by atoms with Gasteiger partial charge in [0.15, 0.2) is 12.4 Å². The Labute approximate surface area is 176 Å². The number of Topliss-reactive ketones (excluding diaryl/α,β-unsaturated/α-hetero) is 1. The van der Waals surface area contributed by atoms with Gasteiger partial charge in [0.25, 0.3) is 0 Å². The summed E-state index contributed by atoms with van der Waals surface area (Å²) in [5.74, 6) is 0.565. The van der Waals surface area contributed by atoms with E-state index in [1.54, 1.807) is 29.2 Å². The molecule has 1 aromatic rings. The summed E-state index contributed by atoms with van der Waals surface area (Å²) < 4.78 is 5.34. The minimum Gasteiger partial charge on any atom is -0.457 e. The van der Waals surface area contributed by atoms with Gasteiger partial charge in [-0.15, -0.1) is 0 Å². The highest BCUT2D eigenvalue weighted by Gasteiger charge is 2.57. The third-order valence-electron chi connectivity index (χ3n) is 7.61. The van der Waals surface area contributed by atoms with Gasteiger partial charge in [0, 0.05) is 24.2 Å². The number of esters is 1. The highest BCUT2D eigenvalue weighted by Crippen LogP contribution is 2.62. The Morgan fingerprint density at radius 3 is 2.40 bits per heavy atom. The summed E-state index contributed by atoms with van der Waals surface area (Å²) in [7, 11) is 0. The van der Waals surface area contributed by atoms with Crippen molar-refractivity contribution in [2.75, 3.05) is 18.1 Å². The van der Waals surface area contributed by atoms with Crippen LogP contribution >= 0.6 is 0 Å². The SMILES string of the molecule is O=C(CC12C[C@@H]3C[C@@H](CC(O)(C3)C1)C2)OCC(=O)c1ccc(N2CCCC2=O)cc1. The molecular formula is C24H29NO5. The number of aliphatic hydroxyl groups is 1. The summed E-state index contributed by atoms with van der Waals surface area (Å²) in [6.45, 7) is 0.441. The van der Waals surface area contributed by atoms with Gasteiger partial charge in [-0.2, -0.15) is 0 Å². The minimum atomic E-state index is -0.599. The molecule has 4 saturated carbocycles. The van der Waals surface area contributed by atoms with Crippen molar-refractivity contribution in [1.82, 2.24) is 0 Å². The topological polar surface area (TPSA) is 83.9 Å². The van der Waals surface area contributed by atoms with Crippen LogP contribution in [0.5, 0.6) is 0 Å². The smallest absolute Gasteiger partial charge is 0.306 e. The number of hydrogen-bond acceptors (Lipinski definition) is 5. The zero-order valence-corrected chi connectivity index (χ0v) is 17.3. The second-order valence-corrected chi connectivity index (χ2v) is 10.1. The Hall–Kier alpha value is -2.21. The third-order valence-corrected chi connectivity index (χ3v) is 7.61. The average molecular weight is 411 g/mol. The number of benzene rings is 1. The van der Waals surface area contributed by atoms with Crippen molar-refractivity contribution >= 4 is 23.3 Å². The molecule has 5 fully saturated rings. The van der Waals surface area contributed by atoms with Crippen LogP contribution in [0.3, 0.4) is 0 Å². The van der Waals surface area contributed by atoms with E-state index in [9.17, 15) is 19.5 Å². The number of nitrogens with zero attached hydrogens (tertiary/aromatic N) is 1. The maximum absolute atomic E-state index is 12.5. The molecule has 0 radical (unpaired) electrons. The molecule has 0 spiro atoms. The van der Waals surface area contributed by atoms with Crippen molar-refractivity contribution in [1.29, 1.82) is 0 Å². The molecule has 160 valence electrons. The predicted molar refractivity (Wildman–Crippen MR) is 110 cm³/mol. The first-order valence-corrected chi connectivity index (χ1v) is 11.1. The predicted octanol–water partition coefficient (Wildman–Crippen LogP) is 3.26. The number of rotatable bonds is 6. The number of amides is 1. The van der Waals surface area contributed by atoms with Crippen LogP contribution in [0.4, 0.5) is 5.69 Å². The lowest BCUT2D eigenvalue weighted by atomic mass is 9.47. The quantitative estimate of drug-likeness (QED) is 0.574. The van der Waals surface area contributed by atoms with Crippen LogP contribution in [-0.2, 0) is 14.3 Å². The van der Waals surface area contributed by atoms with Gasteiger partial charge in [0.1, 0.15) is 0 Å². The van der Waals surface area contributed by atoms with Crippen LogP contribution in [-0.4, -0.2) is 41.5 Å². The molecule has 6 rings (SSSR count). The highest BCUT2D eigenvalue weighted by molar-refractivity contribution is 5.99. The number of carbonyl (C=O) groups is 3. The van der Waals surface area contributed by atoms with Crippen molar-refractivity contribution in [3.63, 3.8) is 0 Å². The van der Waals surface area contributed by atoms with E-state index in [0.717, 1.165) is 37.8 Å². The van der Waals surface area contributed by atoms with Crippen molar-refractivity contribution < 1.29 is 24.2 Å². The van der Waals surface area contributed by atoms with Crippen molar-refractivity contribution in [3.8, 4) is 0 Å². The van der Waals surface area contributed by atoms with Gasteiger partial charge in [-0.25, -0.2) is 0 Å². The fraction of sp³-hybridized carbons (Fsp3) is 0.625. The van der Waals surface area contributed by atoms with E-state index in [4.69, 9.17) is 4.74 Å². The Balaban J connectivity index is 1.16. The normalized spacial score (nSPS) is 34.4. The van der Waals surface area contributed by atoms with Gasteiger partial charge in [-0.1, -0.05) is 0 Å². The first-order chi connectivity index (χ1) is 14.3. The molecular weight excluding hydrogens is 382 g/mol. The second-order valence-electron chi connectivity index (χ2n) is 10.1. The molecule has 0 aromatic heterocycles. The molecule has 6 heteroatoms. The van der Waals surface area contributed by atoms with Crippen molar-refractivity contribution in [2.24, 2.45) is 17.3 Å². The van der Waals surface area contributed by atoms with E-state index >= 15 is 0 Å². The monoisotopic (exact) mass is 411 g/mol. The first kappa shape index (κ1) is 19.7. The molecule has 4 bridgehead atoms. The average Bonchev–Trinajstić information content (AvgIpc) is 3.10. The number of carbonyl (C=O) groups excluding carboxylic acids is 3. The largest absolute Gasteiger partial charge is 0.457 e. The molecule has 1 heterocycles. The third kappa shape index (κ3) is 3.66. The van der Waals surface area contributed by atoms with Crippen LogP contribution in [0, 0.1) is 17.3 Å². The van der Waals surface area contributed by atoms with Gasteiger partial charge in [-0.3, -0.25) is 14.4 Å². The molecule has 5 aliphatic rings. The summed E-state index contributed by atoms with van der Waals surface area (Å²) in [6.07, 6.45) is 7.31. The molecule has 1 aromatic carbocycles. The van der Waals surface area contributed by atoms with Crippen LogP contribution in [0.1, 0.15) is 68.1 Å². The van der Waals surface area contributed by atoms with E-state index in [-0.39, 0.29) is 29.7 Å². The number of ether oxygens (including phenoxy) is 1. The molecule has 1 amide bonds.